The second kappa shape index (κ2) is 6.44. The molecule has 0 aliphatic carbocycles. The quantitative estimate of drug-likeness (QED) is 0.863. The lowest BCUT2D eigenvalue weighted by atomic mass is 9.80. The third-order valence-corrected chi connectivity index (χ3v) is 3.92. The summed E-state index contributed by atoms with van der Waals surface area (Å²) in [7, 11) is -0.334. The van der Waals surface area contributed by atoms with E-state index in [1.54, 1.807) is 0 Å². The van der Waals surface area contributed by atoms with Crippen molar-refractivity contribution in [2.24, 2.45) is 0 Å². The highest BCUT2D eigenvalue weighted by Gasteiger charge is 2.51. The van der Waals surface area contributed by atoms with E-state index in [4.69, 9.17) is 9.31 Å². The first-order chi connectivity index (χ1) is 8.86. The summed E-state index contributed by atoms with van der Waals surface area (Å²) in [4.78, 5) is 4.28. The van der Waals surface area contributed by atoms with E-state index < -0.39 is 0 Å². The Morgan fingerprint density at radius 3 is 2.30 bits per heavy atom. The smallest absolute Gasteiger partial charge is 0.399 e. The number of hydrogen-bond donors (Lipinski definition) is 1. The van der Waals surface area contributed by atoms with E-state index in [1.165, 1.54) is 0 Å². The molecule has 1 N–H and O–H groups in total. The van der Waals surface area contributed by atoms with E-state index in [2.05, 4.69) is 51.0 Å². The van der Waals surface area contributed by atoms with Crippen LogP contribution in [0.1, 0.15) is 40.2 Å². The van der Waals surface area contributed by atoms with Gasteiger partial charge in [0, 0.05) is 24.4 Å². The average Bonchev–Trinajstić information content (AvgIpc) is 2.56. The zero-order chi connectivity index (χ0) is 14.1. The van der Waals surface area contributed by atoms with Crippen molar-refractivity contribution in [3.05, 3.63) is 24.0 Å². The van der Waals surface area contributed by atoms with Crippen LogP contribution in [0.5, 0.6) is 0 Å². The Bertz CT molecular complexity index is 439. The standard InChI is InChI=1S/C14H23BN2O2.ClH/c1-6-16-8-11-7-12(10-17-9-11)15-18-13(2,3)14(4,5)19-15;/h7,9-10,16H,6,8H2,1-5H3;1H. The van der Waals surface area contributed by atoms with Crippen LogP contribution in [0, 0.1) is 0 Å². The van der Waals surface area contributed by atoms with E-state index in [0.29, 0.717) is 0 Å². The molecule has 0 atom stereocenters. The molecular formula is C14H24BClN2O2. The third-order valence-electron chi connectivity index (χ3n) is 3.92. The van der Waals surface area contributed by atoms with Gasteiger partial charge in [-0.3, -0.25) is 4.98 Å². The van der Waals surface area contributed by atoms with Crippen LogP contribution >= 0.6 is 12.4 Å². The van der Waals surface area contributed by atoms with Gasteiger partial charge in [-0.15, -0.1) is 12.4 Å². The Kier molecular flexibility index (Phi) is 5.61. The Morgan fingerprint density at radius 1 is 1.15 bits per heavy atom. The monoisotopic (exact) mass is 298 g/mol. The average molecular weight is 299 g/mol. The molecule has 112 valence electrons. The molecule has 0 unspecified atom stereocenters. The molecule has 0 spiro atoms. The summed E-state index contributed by atoms with van der Waals surface area (Å²) in [5, 5.41) is 3.29. The van der Waals surface area contributed by atoms with Crippen molar-refractivity contribution in [1.29, 1.82) is 0 Å². The minimum Gasteiger partial charge on any atom is -0.399 e. The van der Waals surface area contributed by atoms with Gasteiger partial charge < -0.3 is 14.6 Å². The molecule has 2 heterocycles. The maximum atomic E-state index is 6.03. The summed E-state index contributed by atoms with van der Waals surface area (Å²) in [6.07, 6.45) is 3.69. The zero-order valence-corrected chi connectivity index (χ0v) is 13.7. The van der Waals surface area contributed by atoms with Crippen molar-refractivity contribution in [3.8, 4) is 0 Å². The summed E-state index contributed by atoms with van der Waals surface area (Å²) in [5.74, 6) is 0. The molecule has 6 heteroatoms. The van der Waals surface area contributed by atoms with Crippen LogP contribution in [0.2, 0.25) is 0 Å². The first-order valence-electron chi connectivity index (χ1n) is 6.86. The molecule has 1 fully saturated rings. The highest BCUT2D eigenvalue weighted by molar-refractivity contribution is 6.62. The van der Waals surface area contributed by atoms with Crippen molar-refractivity contribution < 1.29 is 9.31 Å². The first kappa shape index (κ1) is 17.4. The number of hydrogen-bond acceptors (Lipinski definition) is 4. The van der Waals surface area contributed by atoms with Crippen molar-refractivity contribution in [2.45, 2.75) is 52.4 Å². The number of pyridine rings is 1. The lowest BCUT2D eigenvalue weighted by molar-refractivity contribution is 0.00578. The Balaban J connectivity index is 0.00000200. The lowest BCUT2D eigenvalue weighted by Gasteiger charge is -2.32. The summed E-state index contributed by atoms with van der Waals surface area (Å²) >= 11 is 0. The van der Waals surface area contributed by atoms with Crippen LogP contribution in [-0.4, -0.2) is 29.8 Å². The fourth-order valence-electron chi connectivity index (χ4n) is 1.98. The number of rotatable bonds is 4. The maximum Gasteiger partial charge on any atom is 0.496 e. The molecule has 1 aliphatic rings. The van der Waals surface area contributed by atoms with Crippen molar-refractivity contribution >= 4 is 25.0 Å². The van der Waals surface area contributed by atoms with Gasteiger partial charge in [0.05, 0.1) is 11.2 Å². The molecule has 0 bridgehead atoms. The Hall–Kier alpha value is -0.615. The van der Waals surface area contributed by atoms with Crippen LogP contribution in [-0.2, 0) is 15.9 Å². The molecule has 1 aliphatic heterocycles. The first-order valence-corrected chi connectivity index (χ1v) is 6.86. The normalized spacial score (nSPS) is 19.8. The van der Waals surface area contributed by atoms with Gasteiger partial charge in [0.2, 0.25) is 0 Å². The van der Waals surface area contributed by atoms with Gasteiger partial charge in [0.1, 0.15) is 0 Å². The Labute approximate surface area is 128 Å². The molecule has 1 aromatic heterocycles. The third kappa shape index (κ3) is 3.53. The van der Waals surface area contributed by atoms with Gasteiger partial charge in [-0.05, 0) is 39.8 Å². The van der Waals surface area contributed by atoms with Gasteiger partial charge in [0.15, 0.2) is 0 Å². The lowest BCUT2D eigenvalue weighted by Crippen LogP contribution is -2.41. The fraction of sp³-hybridized carbons (Fsp3) is 0.643. The van der Waals surface area contributed by atoms with E-state index in [0.717, 1.165) is 24.1 Å². The van der Waals surface area contributed by atoms with E-state index >= 15 is 0 Å². The molecule has 0 saturated carbocycles. The fourth-order valence-corrected chi connectivity index (χ4v) is 1.98. The van der Waals surface area contributed by atoms with Crippen LogP contribution in [0.3, 0.4) is 0 Å². The number of nitrogens with one attached hydrogen (secondary N) is 1. The molecule has 20 heavy (non-hydrogen) atoms. The second-order valence-corrected chi connectivity index (χ2v) is 6.00. The second-order valence-electron chi connectivity index (χ2n) is 6.00. The maximum absolute atomic E-state index is 6.03. The van der Waals surface area contributed by atoms with E-state index in [9.17, 15) is 0 Å². The summed E-state index contributed by atoms with van der Waals surface area (Å²) < 4.78 is 12.1. The van der Waals surface area contributed by atoms with Gasteiger partial charge >= 0.3 is 7.12 Å². The molecule has 1 aromatic rings. The van der Waals surface area contributed by atoms with Crippen LogP contribution < -0.4 is 10.8 Å². The van der Waals surface area contributed by atoms with Gasteiger partial charge in [-0.25, -0.2) is 0 Å². The topological polar surface area (TPSA) is 43.4 Å². The van der Waals surface area contributed by atoms with Gasteiger partial charge in [-0.1, -0.05) is 13.0 Å². The molecule has 4 nitrogen and oxygen atoms in total. The van der Waals surface area contributed by atoms with Crippen molar-refractivity contribution in [3.63, 3.8) is 0 Å². The summed E-state index contributed by atoms with van der Waals surface area (Å²) in [5.41, 5.74) is 1.51. The minimum absolute atomic E-state index is 0. The molecule has 2 rings (SSSR count). The molecule has 0 amide bonds. The van der Waals surface area contributed by atoms with Crippen molar-refractivity contribution in [2.75, 3.05) is 6.54 Å². The van der Waals surface area contributed by atoms with Crippen LogP contribution in [0.15, 0.2) is 18.5 Å². The van der Waals surface area contributed by atoms with Gasteiger partial charge in [0.25, 0.3) is 0 Å². The molecule has 1 saturated heterocycles. The highest BCUT2D eigenvalue weighted by atomic mass is 35.5. The van der Waals surface area contributed by atoms with Crippen LogP contribution in [0.25, 0.3) is 0 Å². The van der Waals surface area contributed by atoms with Crippen molar-refractivity contribution in [1.82, 2.24) is 10.3 Å². The zero-order valence-electron chi connectivity index (χ0n) is 12.9. The summed E-state index contributed by atoms with van der Waals surface area (Å²) in [6, 6.07) is 2.10. The number of nitrogens with zero attached hydrogens (tertiary/aromatic N) is 1. The van der Waals surface area contributed by atoms with E-state index in [1.807, 2.05) is 12.4 Å². The largest absolute Gasteiger partial charge is 0.496 e. The van der Waals surface area contributed by atoms with Crippen LogP contribution in [0.4, 0.5) is 0 Å². The predicted octanol–water partition coefficient (Wildman–Crippen LogP) is 1.91. The Morgan fingerprint density at radius 2 is 1.75 bits per heavy atom. The van der Waals surface area contributed by atoms with E-state index in [-0.39, 0.29) is 30.7 Å². The summed E-state index contributed by atoms with van der Waals surface area (Å²) in [6.45, 7) is 12.1. The minimum atomic E-state index is -0.334. The SMILES string of the molecule is CCNCc1cncc(B2OC(C)(C)C(C)(C)O2)c1.Cl. The predicted molar refractivity (Wildman–Crippen MR) is 84.6 cm³/mol. The molecule has 0 aromatic carbocycles. The number of halogens is 1. The molecule has 0 radical (unpaired) electrons. The van der Waals surface area contributed by atoms with Gasteiger partial charge in [-0.2, -0.15) is 0 Å². The highest BCUT2D eigenvalue weighted by Crippen LogP contribution is 2.36. The number of aromatic nitrogens is 1. The molecular weight excluding hydrogens is 274 g/mol.